The van der Waals surface area contributed by atoms with Gasteiger partial charge in [0.05, 0.1) is 12.4 Å². The Kier molecular flexibility index (Phi) is 5.17. The number of anilines is 1. The molecule has 0 bridgehead atoms. The molecule has 0 saturated heterocycles. The van der Waals surface area contributed by atoms with Gasteiger partial charge in [-0.3, -0.25) is 9.59 Å². The van der Waals surface area contributed by atoms with E-state index < -0.39 is 0 Å². The fraction of sp³-hybridized carbons (Fsp3) is 0.143. The van der Waals surface area contributed by atoms with Crippen LogP contribution in [0.3, 0.4) is 0 Å². The van der Waals surface area contributed by atoms with Gasteiger partial charge in [0.2, 0.25) is 0 Å². The Bertz CT molecular complexity index is 836. The number of rotatable bonds is 5. The molecule has 0 aliphatic heterocycles. The lowest BCUT2D eigenvalue weighted by Crippen LogP contribution is -2.15. The third-order valence-corrected chi connectivity index (χ3v) is 3.96. The van der Waals surface area contributed by atoms with E-state index in [0.717, 1.165) is 16.7 Å². The maximum absolute atomic E-state index is 12.3. The SMILES string of the molecule is Cc1ccc(CC(=O)c2cnc(C(=O)Nc3ccc(C)cc3)cn2)cc1. The Balaban J connectivity index is 1.65. The molecule has 5 nitrogen and oxygen atoms in total. The number of nitrogens with one attached hydrogen (secondary N) is 1. The number of nitrogens with zero attached hydrogens (tertiary/aromatic N) is 2. The van der Waals surface area contributed by atoms with Crippen molar-refractivity contribution in [2.24, 2.45) is 0 Å². The predicted molar refractivity (Wildman–Crippen MR) is 100 cm³/mol. The molecule has 0 atom stereocenters. The van der Waals surface area contributed by atoms with Gasteiger partial charge >= 0.3 is 0 Å². The van der Waals surface area contributed by atoms with Crippen molar-refractivity contribution in [3.63, 3.8) is 0 Å². The second-order valence-corrected chi connectivity index (χ2v) is 6.19. The molecule has 0 unspecified atom stereocenters. The van der Waals surface area contributed by atoms with Gasteiger partial charge in [-0.2, -0.15) is 0 Å². The first-order valence-electron chi connectivity index (χ1n) is 8.30. The highest BCUT2D eigenvalue weighted by atomic mass is 16.2. The van der Waals surface area contributed by atoms with E-state index in [9.17, 15) is 9.59 Å². The number of carbonyl (C=O) groups is 2. The minimum atomic E-state index is -0.362. The van der Waals surface area contributed by atoms with Gasteiger partial charge in [-0.05, 0) is 31.5 Å². The molecule has 1 aromatic heterocycles. The van der Waals surface area contributed by atoms with Gasteiger partial charge in [0, 0.05) is 12.1 Å². The monoisotopic (exact) mass is 345 g/mol. The molecule has 26 heavy (non-hydrogen) atoms. The second kappa shape index (κ2) is 7.70. The highest BCUT2D eigenvalue weighted by molar-refractivity contribution is 6.03. The van der Waals surface area contributed by atoms with Crippen LogP contribution in [0.25, 0.3) is 0 Å². The summed E-state index contributed by atoms with van der Waals surface area (Å²) in [5.74, 6) is -0.495. The molecule has 3 aromatic rings. The average molecular weight is 345 g/mol. The first kappa shape index (κ1) is 17.5. The van der Waals surface area contributed by atoms with Gasteiger partial charge in [-0.25, -0.2) is 9.97 Å². The molecule has 2 aromatic carbocycles. The molecular formula is C21H19N3O2. The number of amides is 1. The Labute approximate surface area is 152 Å². The first-order chi connectivity index (χ1) is 12.5. The van der Waals surface area contributed by atoms with Crippen LogP contribution in [0.1, 0.15) is 37.7 Å². The number of carbonyl (C=O) groups excluding carboxylic acids is 2. The van der Waals surface area contributed by atoms with Crippen LogP contribution in [-0.4, -0.2) is 21.7 Å². The number of benzene rings is 2. The van der Waals surface area contributed by atoms with Crippen molar-refractivity contribution in [2.45, 2.75) is 20.3 Å². The molecule has 0 radical (unpaired) electrons. The number of aromatic nitrogens is 2. The van der Waals surface area contributed by atoms with Crippen molar-refractivity contribution in [3.05, 3.63) is 89.0 Å². The van der Waals surface area contributed by atoms with E-state index >= 15 is 0 Å². The van der Waals surface area contributed by atoms with Gasteiger partial charge in [0.15, 0.2) is 5.78 Å². The maximum atomic E-state index is 12.3. The van der Waals surface area contributed by atoms with E-state index in [1.165, 1.54) is 12.4 Å². The zero-order chi connectivity index (χ0) is 18.5. The largest absolute Gasteiger partial charge is 0.321 e. The van der Waals surface area contributed by atoms with E-state index in [2.05, 4.69) is 15.3 Å². The van der Waals surface area contributed by atoms with Gasteiger partial charge in [-0.15, -0.1) is 0 Å². The summed E-state index contributed by atoms with van der Waals surface area (Å²) in [4.78, 5) is 32.7. The van der Waals surface area contributed by atoms with Crippen LogP contribution in [0.5, 0.6) is 0 Å². The highest BCUT2D eigenvalue weighted by Gasteiger charge is 2.12. The number of Topliss-reactive ketones (excluding diaryl/α,β-unsaturated/α-hetero) is 1. The van der Waals surface area contributed by atoms with Crippen molar-refractivity contribution in [3.8, 4) is 0 Å². The second-order valence-electron chi connectivity index (χ2n) is 6.19. The van der Waals surface area contributed by atoms with E-state index in [1.807, 2.05) is 62.4 Å². The van der Waals surface area contributed by atoms with Crippen LogP contribution in [0.2, 0.25) is 0 Å². The van der Waals surface area contributed by atoms with Crippen LogP contribution in [0.15, 0.2) is 60.9 Å². The lowest BCUT2D eigenvalue weighted by atomic mass is 10.1. The lowest BCUT2D eigenvalue weighted by Gasteiger charge is -2.06. The molecule has 1 amide bonds. The molecule has 0 saturated carbocycles. The minimum absolute atomic E-state index is 0.133. The average Bonchev–Trinajstić information content (AvgIpc) is 2.65. The van der Waals surface area contributed by atoms with E-state index in [0.29, 0.717) is 5.69 Å². The van der Waals surface area contributed by atoms with E-state index in [-0.39, 0.29) is 29.5 Å². The van der Waals surface area contributed by atoms with Gasteiger partial charge in [-0.1, -0.05) is 47.5 Å². The fourth-order valence-electron chi connectivity index (χ4n) is 2.40. The fourth-order valence-corrected chi connectivity index (χ4v) is 2.40. The summed E-state index contributed by atoms with van der Waals surface area (Å²) in [6.07, 6.45) is 2.93. The van der Waals surface area contributed by atoms with Crippen molar-refractivity contribution < 1.29 is 9.59 Å². The van der Waals surface area contributed by atoms with Crippen LogP contribution < -0.4 is 5.32 Å². The lowest BCUT2D eigenvalue weighted by molar-refractivity contribution is 0.0982. The molecule has 3 rings (SSSR count). The Morgan fingerprint density at radius 3 is 1.92 bits per heavy atom. The molecule has 0 aliphatic carbocycles. The molecule has 0 fully saturated rings. The quantitative estimate of drug-likeness (QED) is 0.715. The highest BCUT2D eigenvalue weighted by Crippen LogP contribution is 2.11. The number of hydrogen-bond acceptors (Lipinski definition) is 4. The Morgan fingerprint density at radius 2 is 1.35 bits per heavy atom. The van der Waals surface area contributed by atoms with Crippen LogP contribution in [0, 0.1) is 13.8 Å². The van der Waals surface area contributed by atoms with Crippen molar-refractivity contribution in [2.75, 3.05) is 5.32 Å². The zero-order valence-corrected chi connectivity index (χ0v) is 14.7. The normalized spacial score (nSPS) is 10.4. The third kappa shape index (κ3) is 4.39. The standard InChI is InChI=1S/C21H19N3O2/c1-14-3-7-16(8-4-14)11-20(25)18-12-23-19(13-22-18)21(26)24-17-9-5-15(2)6-10-17/h3-10,12-13H,11H2,1-2H3,(H,24,26). The van der Waals surface area contributed by atoms with Gasteiger partial charge in [0.1, 0.15) is 11.4 Å². The maximum Gasteiger partial charge on any atom is 0.275 e. The minimum Gasteiger partial charge on any atom is -0.321 e. The summed E-state index contributed by atoms with van der Waals surface area (Å²) in [6.45, 7) is 3.97. The number of aryl methyl sites for hydroxylation is 2. The van der Waals surface area contributed by atoms with Gasteiger partial charge < -0.3 is 5.32 Å². The van der Waals surface area contributed by atoms with E-state index in [4.69, 9.17) is 0 Å². The molecule has 0 spiro atoms. The van der Waals surface area contributed by atoms with Crippen molar-refractivity contribution in [1.29, 1.82) is 0 Å². The summed E-state index contributed by atoms with van der Waals surface area (Å²) >= 11 is 0. The van der Waals surface area contributed by atoms with Crippen molar-refractivity contribution in [1.82, 2.24) is 9.97 Å². The number of hydrogen-bond donors (Lipinski definition) is 1. The Hall–Kier alpha value is -3.34. The molecular weight excluding hydrogens is 326 g/mol. The molecule has 5 heteroatoms. The molecule has 0 aliphatic rings. The summed E-state index contributed by atoms with van der Waals surface area (Å²) in [5.41, 5.74) is 4.27. The topological polar surface area (TPSA) is 72.0 Å². The van der Waals surface area contributed by atoms with Crippen LogP contribution in [0.4, 0.5) is 5.69 Å². The third-order valence-electron chi connectivity index (χ3n) is 3.96. The summed E-state index contributed by atoms with van der Waals surface area (Å²) < 4.78 is 0. The van der Waals surface area contributed by atoms with Crippen LogP contribution in [-0.2, 0) is 6.42 Å². The summed E-state index contributed by atoms with van der Waals surface area (Å²) in [6, 6.07) is 15.2. The molecule has 1 heterocycles. The summed E-state index contributed by atoms with van der Waals surface area (Å²) in [5, 5.41) is 2.75. The van der Waals surface area contributed by atoms with Crippen LogP contribution >= 0.6 is 0 Å². The summed E-state index contributed by atoms with van der Waals surface area (Å²) in [7, 11) is 0. The Morgan fingerprint density at radius 1 is 0.808 bits per heavy atom. The van der Waals surface area contributed by atoms with Gasteiger partial charge in [0.25, 0.3) is 5.91 Å². The van der Waals surface area contributed by atoms with E-state index in [1.54, 1.807) is 0 Å². The smallest absolute Gasteiger partial charge is 0.275 e. The first-order valence-corrected chi connectivity index (χ1v) is 8.30. The molecule has 1 N–H and O–H groups in total. The number of ketones is 1. The molecule has 130 valence electrons. The van der Waals surface area contributed by atoms with Crippen molar-refractivity contribution >= 4 is 17.4 Å². The zero-order valence-electron chi connectivity index (χ0n) is 14.7. The predicted octanol–water partition coefficient (Wildman–Crippen LogP) is 3.77.